The Kier molecular flexibility index (Phi) is 5.19. The molecule has 1 N–H and O–H groups in total. The van der Waals surface area contributed by atoms with Gasteiger partial charge in [-0.2, -0.15) is 0 Å². The molecule has 0 spiro atoms. The van der Waals surface area contributed by atoms with Crippen LogP contribution in [0.2, 0.25) is 0 Å². The molecule has 27 heavy (non-hydrogen) atoms. The fourth-order valence-electron chi connectivity index (χ4n) is 2.56. The van der Waals surface area contributed by atoms with Gasteiger partial charge in [0.2, 0.25) is 11.0 Å². The quantitative estimate of drug-likeness (QED) is 0.481. The number of amides is 1. The number of anilines is 1. The second kappa shape index (κ2) is 7.75. The zero-order valence-electron chi connectivity index (χ0n) is 14.7. The van der Waals surface area contributed by atoms with E-state index in [-0.39, 0.29) is 11.7 Å². The van der Waals surface area contributed by atoms with Gasteiger partial charge in [0.25, 0.3) is 0 Å². The first-order chi connectivity index (χ1) is 13.2. The molecule has 7 nitrogen and oxygen atoms in total. The summed E-state index contributed by atoms with van der Waals surface area (Å²) in [4.78, 5) is 12.2. The molecule has 0 aliphatic rings. The molecular weight excluding hydrogens is 400 g/mol. The van der Waals surface area contributed by atoms with E-state index < -0.39 is 0 Å². The molecule has 0 saturated heterocycles. The van der Waals surface area contributed by atoms with E-state index in [1.807, 2.05) is 30.7 Å². The third-order valence-electron chi connectivity index (χ3n) is 3.90. The molecule has 0 aliphatic carbocycles. The number of carbonyl (C=O) groups excluding carboxylic acids is 1. The van der Waals surface area contributed by atoms with Gasteiger partial charge in [-0.15, -0.1) is 31.7 Å². The van der Waals surface area contributed by atoms with Gasteiger partial charge >= 0.3 is 0 Å². The number of nitrogens with zero attached hydrogens (tertiary/aromatic N) is 5. The van der Waals surface area contributed by atoms with Crippen molar-refractivity contribution < 1.29 is 4.79 Å². The number of benzene rings is 1. The topological polar surface area (TPSA) is 85.6 Å². The minimum absolute atomic E-state index is 0.135. The Balaban J connectivity index is 1.45. The molecule has 0 radical (unpaired) electrons. The molecule has 0 bridgehead atoms. The van der Waals surface area contributed by atoms with Crippen molar-refractivity contribution in [1.29, 1.82) is 0 Å². The van der Waals surface area contributed by atoms with Crippen molar-refractivity contribution in [3.63, 3.8) is 0 Å². The number of fused-ring (bicyclic) bond motifs is 1. The Bertz CT molecular complexity index is 1100. The van der Waals surface area contributed by atoms with Gasteiger partial charge in [0.1, 0.15) is 5.01 Å². The van der Waals surface area contributed by atoms with Gasteiger partial charge in [-0.05, 0) is 12.5 Å². The summed E-state index contributed by atoms with van der Waals surface area (Å²) in [7, 11) is 1.92. The Morgan fingerprint density at radius 3 is 2.89 bits per heavy atom. The molecule has 4 aromatic rings. The highest BCUT2D eigenvalue weighted by molar-refractivity contribution is 7.99. The second-order valence-electron chi connectivity index (χ2n) is 5.70. The van der Waals surface area contributed by atoms with Gasteiger partial charge < -0.3 is 4.57 Å². The Morgan fingerprint density at radius 1 is 1.22 bits per heavy atom. The van der Waals surface area contributed by atoms with E-state index in [9.17, 15) is 4.79 Å². The van der Waals surface area contributed by atoms with Gasteiger partial charge in [-0.3, -0.25) is 10.1 Å². The van der Waals surface area contributed by atoms with Crippen LogP contribution in [-0.4, -0.2) is 36.6 Å². The summed E-state index contributed by atoms with van der Waals surface area (Å²) in [5.41, 5.74) is 1.06. The molecule has 1 amide bonds. The van der Waals surface area contributed by atoms with Crippen molar-refractivity contribution in [3.8, 4) is 11.4 Å². The van der Waals surface area contributed by atoms with E-state index in [0.29, 0.717) is 10.3 Å². The summed E-state index contributed by atoms with van der Waals surface area (Å²) in [6, 6.07) is 8.23. The zero-order valence-corrected chi connectivity index (χ0v) is 17.1. The molecule has 0 aliphatic heterocycles. The maximum absolute atomic E-state index is 12.2. The zero-order chi connectivity index (χ0) is 18.8. The van der Waals surface area contributed by atoms with Crippen LogP contribution in [0.3, 0.4) is 0 Å². The number of hydrogen-bond acceptors (Lipinski definition) is 8. The van der Waals surface area contributed by atoms with Crippen molar-refractivity contribution in [2.75, 3.05) is 11.1 Å². The minimum atomic E-state index is -0.135. The molecule has 138 valence electrons. The van der Waals surface area contributed by atoms with Gasteiger partial charge in [0.15, 0.2) is 11.0 Å². The average Bonchev–Trinajstić information content (AvgIpc) is 3.38. The lowest BCUT2D eigenvalue weighted by Gasteiger charge is -2.03. The molecule has 0 unspecified atom stereocenters. The van der Waals surface area contributed by atoms with E-state index in [0.717, 1.165) is 28.2 Å². The van der Waals surface area contributed by atoms with Crippen LogP contribution in [0.15, 0.2) is 34.8 Å². The number of aromatic nitrogens is 5. The maximum Gasteiger partial charge on any atom is 0.236 e. The van der Waals surface area contributed by atoms with Gasteiger partial charge in [0.05, 0.1) is 5.75 Å². The van der Waals surface area contributed by atoms with Crippen molar-refractivity contribution in [2.24, 2.45) is 7.05 Å². The molecule has 0 saturated carbocycles. The van der Waals surface area contributed by atoms with Crippen LogP contribution in [-0.2, 0) is 18.3 Å². The lowest BCUT2D eigenvalue weighted by atomic mass is 10.2. The van der Waals surface area contributed by atoms with Crippen LogP contribution >= 0.6 is 34.4 Å². The highest BCUT2D eigenvalue weighted by atomic mass is 32.2. The van der Waals surface area contributed by atoms with Crippen molar-refractivity contribution >= 4 is 55.6 Å². The Hall–Kier alpha value is -2.30. The van der Waals surface area contributed by atoms with E-state index in [1.54, 1.807) is 11.3 Å². The number of rotatable bonds is 6. The number of hydrogen-bond donors (Lipinski definition) is 1. The van der Waals surface area contributed by atoms with Crippen LogP contribution in [0.4, 0.5) is 5.13 Å². The summed E-state index contributed by atoms with van der Waals surface area (Å²) in [5, 5.41) is 24.7. The Morgan fingerprint density at radius 2 is 2.07 bits per heavy atom. The smallest absolute Gasteiger partial charge is 0.236 e. The van der Waals surface area contributed by atoms with Gasteiger partial charge in [-0.1, -0.05) is 48.2 Å². The molecular formula is C17H16N6OS3. The highest BCUT2D eigenvalue weighted by Crippen LogP contribution is 2.33. The third kappa shape index (κ3) is 3.73. The first kappa shape index (κ1) is 18.1. The molecule has 1 aromatic carbocycles. The van der Waals surface area contributed by atoms with E-state index in [2.05, 4.69) is 43.2 Å². The number of aryl methyl sites for hydroxylation is 1. The summed E-state index contributed by atoms with van der Waals surface area (Å²) >= 11 is 4.43. The molecule has 4 rings (SSSR count). The van der Waals surface area contributed by atoms with Gasteiger partial charge in [0, 0.05) is 28.1 Å². The predicted octanol–water partition coefficient (Wildman–Crippen LogP) is 3.84. The minimum Gasteiger partial charge on any atom is -0.305 e. The SMILES string of the molecule is CCc1nnc(NC(=O)CSc2nnc(-c3csc4ccccc34)n2C)s1. The Labute approximate surface area is 167 Å². The third-order valence-corrected chi connectivity index (χ3v) is 6.87. The molecule has 3 aromatic heterocycles. The fraction of sp³-hybridized carbons (Fsp3) is 0.235. The van der Waals surface area contributed by atoms with Crippen LogP contribution < -0.4 is 5.32 Å². The molecule has 3 heterocycles. The predicted molar refractivity (Wildman–Crippen MR) is 110 cm³/mol. The standard InChI is InChI=1S/C17H16N6OS3/c1-3-14-19-21-16(27-14)18-13(24)9-26-17-22-20-15(23(17)2)11-8-25-12-7-5-4-6-10(11)12/h4-8H,3,9H2,1-2H3,(H,18,21,24). The van der Waals surface area contributed by atoms with Crippen molar-refractivity contribution in [2.45, 2.75) is 18.5 Å². The normalized spacial score (nSPS) is 11.2. The summed E-state index contributed by atoms with van der Waals surface area (Å²) in [6.45, 7) is 2.00. The largest absolute Gasteiger partial charge is 0.305 e. The number of thioether (sulfide) groups is 1. The molecule has 10 heteroatoms. The molecule has 0 fully saturated rings. The first-order valence-corrected chi connectivity index (χ1v) is 10.9. The average molecular weight is 417 g/mol. The summed E-state index contributed by atoms with van der Waals surface area (Å²) < 4.78 is 3.14. The number of thiophene rings is 1. The number of nitrogens with one attached hydrogen (secondary N) is 1. The van der Waals surface area contributed by atoms with E-state index in [4.69, 9.17) is 0 Å². The first-order valence-electron chi connectivity index (χ1n) is 8.26. The van der Waals surface area contributed by atoms with Crippen LogP contribution in [0.5, 0.6) is 0 Å². The second-order valence-corrected chi connectivity index (χ2v) is 8.62. The van der Waals surface area contributed by atoms with E-state index >= 15 is 0 Å². The summed E-state index contributed by atoms with van der Waals surface area (Å²) in [5.74, 6) is 0.897. The lowest BCUT2D eigenvalue weighted by Crippen LogP contribution is -2.14. The van der Waals surface area contributed by atoms with Gasteiger partial charge in [-0.25, -0.2) is 0 Å². The van der Waals surface area contributed by atoms with Crippen LogP contribution in [0.25, 0.3) is 21.5 Å². The monoisotopic (exact) mass is 416 g/mol. The maximum atomic E-state index is 12.2. The van der Waals surface area contributed by atoms with Crippen molar-refractivity contribution in [3.05, 3.63) is 34.7 Å². The highest BCUT2D eigenvalue weighted by Gasteiger charge is 2.16. The summed E-state index contributed by atoms with van der Waals surface area (Å²) in [6.07, 6.45) is 0.807. The molecule has 0 atom stereocenters. The fourth-order valence-corrected chi connectivity index (χ4v) is 4.90. The van der Waals surface area contributed by atoms with E-state index in [1.165, 1.54) is 27.8 Å². The van der Waals surface area contributed by atoms with Crippen LogP contribution in [0.1, 0.15) is 11.9 Å². The van der Waals surface area contributed by atoms with Crippen LogP contribution in [0, 0.1) is 0 Å². The number of carbonyl (C=O) groups is 1. The van der Waals surface area contributed by atoms with Crippen molar-refractivity contribution in [1.82, 2.24) is 25.0 Å². The lowest BCUT2D eigenvalue weighted by molar-refractivity contribution is -0.113.